The van der Waals surface area contributed by atoms with Crippen LogP contribution in [0.5, 0.6) is 0 Å². The monoisotopic (exact) mass is 221 g/mol. The van der Waals surface area contributed by atoms with Crippen LogP contribution in [0.2, 0.25) is 0 Å². The number of alkyl halides is 1. The smallest absolute Gasteiger partial charge is 0.220 e. The summed E-state index contributed by atoms with van der Waals surface area (Å²) in [4.78, 5) is 20.6. The molecule has 0 saturated carbocycles. The van der Waals surface area contributed by atoms with Crippen molar-refractivity contribution in [1.82, 2.24) is 5.32 Å². The lowest BCUT2D eigenvalue weighted by Crippen LogP contribution is -2.24. The Labute approximate surface area is 74.7 Å². The van der Waals surface area contributed by atoms with E-state index in [1.807, 2.05) is 0 Å². The molecule has 0 radical (unpaired) electrons. The van der Waals surface area contributed by atoms with E-state index >= 15 is 0 Å². The van der Waals surface area contributed by atoms with E-state index in [4.69, 9.17) is 0 Å². The summed E-state index contributed by atoms with van der Waals surface area (Å²) >= 11 is 3.26. The zero-order valence-electron chi connectivity index (χ0n) is 6.31. The van der Waals surface area contributed by atoms with Crippen molar-refractivity contribution in [3.05, 3.63) is 0 Å². The quantitative estimate of drug-likeness (QED) is 0.411. The van der Waals surface area contributed by atoms with Crippen molar-refractivity contribution in [3.63, 3.8) is 0 Å². The zero-order valence-corrected chi connectivity index (χ0v) is 7.89. The molecule has 1 amide bonds. The molecule has 3 nitrogen and oxygen atoms in total. The predicted octanol–water partition coefficient (Wildman–Crippen LogP) is 0.867. The van der Waals surface area contributed by atoms with Crippen molar-refractivity contribution in [1.29, 1.82) is 0 Å². The van der Waals surface area contributed by atoms with E-state index in [1.54, 1.807) is 0 Å². The molecule has 0 aromatic rings. The van der Waals surface area contributed by atoms with E-state index in [0.717, 1.165) is 18.2 Å². The van der Waals surface area contributed by atoms with Crippen LogP contribution in [0.25, 0.3) is 0 Å². The molecule has 64 valence electrons. The number of hydrogen-bond donors (Lipinski definition) is 1. The number of carbonyl (C=O) groups is 2. The number of rotatable bonds is 6. The maximum Gasteiger partial charge on any atom is 0.220 e. The summed E-state index contributed by atoms with van der Waals surface area (Å²) in [5, 5.41) is 3.39. The van der Waals surface area contributed by atoms with Gasteiger partial charge >= 0.3 is 0 Å². The van der Waals surface area contributed by atoms with Crippen molar-refractivity contribution < 1.29 is 9.59 Å². The molecule has 0 aliphatic rings. The lowest BCUT2D eigenvalue weighted by molar-refractivity contribution is -0.122. The Morgan fingerprint density at radius 3 is 2.73 bits per heavy atom. The average Bonchev–Trinajstić information content (AvgIpc) is 2.01. The largest absolute Gasteiger partial charge is 0.349 e. The summed E-state index contributed by atoms with van der Waals surface area (Å²) in [5.41, 5.74) is 0. The molecule has 0 fully saturated rings. The Hall–Kier alpha value is -0.380. The molecule has 0 aliphatic heterocycles. The molecule has 0 unspecified atom stereocenters. The Morgan fingerprint density at radius 2 is 2.18 bits per heavy atom. The van der Waals surface area contributed by atoms with Gasteiger partial charge in [0, 0.05) is 11.8 Å². The Bertz CT molecular complexity index is 128. The van der Waals surface area contributed by atoms with Crippen LogP contribution in [0, 0.1) is 0 Å². The topological polar surface area (TPSA) is 46.2 Å². The Kier molecular flexibility index (Phi) is 7.46. The highest BCUT2D eigenvalue weighted by Gasteiger charge is 1.97. The molecule has 0 bridgehead atoms. The van der Waals surface area contributed by atoms with Gasteiger partial charge in [-0.3, -0.25) is 4.79 Å². The lowest BCUT2D eigenvalue weighted by Gasteiger charge is -1.98. The third-order valence-corrected chi connectivity index (χ3v) is 1.73. The molecule has 0 aromatic carbocycles. The minimum Gasteiger partial charge on any atom is -0.349 e. The molecule has 11 heavy (non-hydrogen) atoms. The fourth-order valence-corrected chi connectivity index (χ4v) is 1.02. The van der Waals surface area contributed by atoms with Gasteiger partial charge in [-0.1, -0.05) is 15.9 Å². The summed E-state index contributed by atoms with van der Waals surface area (Å²) in [7, 11) is 0. The highest BCUT2D eigenvalue weighted by atomic mass is 79.9. The second-order valence-corrected chi connectivity index (χ2v) is 2.91. The average molecular weight is 222 g/mol. The minimum absolute atomic E-state index is 0.0435. The van der Waals surface area contributed by atoms with Crippen LogP contribution in [0.3, 0.4) is 0 Å². The van der Waals surface area contributed by atoms with Crippen LogP contribution in [-0.4, -0.2) is 24.1 Å². The highest BCUT2D eigenvalue weighted by Crippen LogP contribution is 1.97. The van der Waals surface area contributed by atoms with Crippen LogP contribution in [-0.2, 0) is 9.59 Å². The first-order valence-corrected chi connectivity index (χ1v) is 4.69. The zero-order chi connectivity index (χ0) is 8.53. The van der Waals surface area contributed by atoms with Crippen molar-refractivity contribution in [2.45, 2.75) is 19.3 Å². The predicted molar refractivity (Wildman–Crippen MR) is 46.7 cm³/mol. The van der Waals surface area contributed by atoms with Gasteiger partial charge in [0.15, 0.2) is 0 Å². The van der Waals surface area contributed by atoms with Gasteiger partial charge in [0.1, 0.15) is 6.29 Å². The molecule has 0 atom stereocenters. The van der Waals surface area contributed by atoms with E-state index in [0.29, 0.717) is 12.7 Å². The summed E-state index contributed by atoms with van der Waals surface area (Å²) in [6.45, 7) is 0.132. The van der Waals surface area contributed by atoms with Crippen molar-refractivity contribution >= 4 is 28.1 Å². The van der Waals surface area contributed by atoms with E-state index in [2.05, 4.69) is 21.2 Å². The third kappa shape index (κ3) is 7.52. The van der Waals surface area contributed by atoms with Crippen LogP contribution in [0.15, 0.2) is 0 Å². The van der Waals surface area contributed by atoms with Gasteiger partial charge in [-0.25, -0.2) is 0 Å². The summed E-state index contributed by atoms with van der Waals surface area (Å²) in [6.07, 6.45) is 3.06. The number of carbonyl (C=O) groups excluding carboxylic acids is 2. The van der Waals surface area contributed by atoms with Gasteiger partial charge < -0.3 is 10.1 Å². The van der Waals surface area contributed by atoms with Crippen LogP contribution in [0.1, 0.15) is 19.3 Å². The minimum atomic E-state index is -0.0435. The number of amides is 1. The summed E-state index contributed by atoms with van der Waals surface area (Å²) in [5.74, 6) is -0.0435. The first-order valence-electron chi connectivity index (χ1n) is 3.57. The van der Waals surface area contributed by atoms with Crippen molar-refractivity contribution in [3.8, 4) is 0 Å². The standard InChI is InChI=1S/C7H12BrNO2/c8-4-2-1-3-7(11)9-5-6-10/h6H,1-5H2,(H,9,11). The van der Waals surface area contributed by atoms with Crippen LogP contribution < -0.4 is 5.32 Å². The number of halogens is 1. The van der Waals surface area contributed by atoms with Gasteiger partial charge in [-0.2, -0.15) is 0 Å². The van der Waals surface area contributed by atoms with Crippen LogP contribution in [0.4, 0.5) is 0 Å². The van der Waals surface area contributed by atoms with E-state index in [-0.39, 0.29) is 12.5 Å². The van der Waals surface area contributed by atoms with Gasteiger partial charge in [-0.05, 0) is 12.8 Å². The fourth-order valence-electron chi connectivity index (χ4n) is 0.624. The number of nitrogens with one attached hydrogen (secondary N) is 1. The molecule has 0 heterocycles. The van der Waals surface area contributed by atoms with Crippen molar-refractivity contribution in [2.75, 3.05) is 11.9 Å². The van der Waals surface area contributed by atoms with Crippen LogP contribution >= 0.6 is 15.9 Å². The first kappa shape index (κ1) is 10.6. The molecule has 0 rings (SSSR count). The SMILES string of the molecule is O=CCNC(=O)CCCCBr. The van der Waals surface area contributed by atoms with Gasteiger partial charge in [0.2, 0.25) is 5.91 Å². The number of aldehydes is 1. The molecule has 1 N–H and O–H groups in total. The normalized spacial score (nSPS) is 9.18. The van der Waals surface area contributed by atoms with Crippen molar-refractivity contribution in [2.24, 2.45) is 0 Å². The maximum atomic E-state index is 10.8. The second kappa shape index (κ2) is 7.72. The Morgan fingerprint density at radius 1 is 1.45 bits per heavy atom. The molecular formula is C7H12BrNO2. The molecule has 0 saturated heterocycles. The number of hydrogen-bond acceptors (Lipinski definition) is 2. The number of unbranched alkanes of at least 4 members (excludes halogenated alkanes) is 1. The maximum absolute atomic E-state index is 10.8. The molecule has 4 heteroatoms. The third-order valence-electron chi connectivity index (χ3n) is 1.17. The van der Waals surface area contributed by atoms with Gasteiger partial charge in [0.05, 0.1) is 6.54 Å². The van der Waals surface area contributed by atoms with E-state index in [1.165, 1.54) is 0 Å². The highest BCUT2D eigenvalue weighted by molar-refractivity contribution is 9.09. The lowest BCUT2D eigenvalue weighted by atomic mass is 10.2. The second-order valence-electron chi connectivity index (χ2n) is 2.12. The van der Waals surface area contributed by atoms with E-state index in [9.17, 15) is 9.59 Å². The molecule has 0 spiro atoms. The van der Waals surface area contributed by atoms with Gasteiger partial charge in [-0.15, -0.1) is 0 Å². The molecular weight excluding hydrogens is 210 g/mol. The molecule has 0 aliphatic carbocycles. The molecule has 0 aromatic heterocycles. The summed E-state index contributed by atoms with van der Waals surface area (Å²) < 4.78 is 0. The van der Waals surface area contributed by atoms with E-state index < -0.39 is 0 Å². The first-order chi connectivity index (χ1) is 5.31. The summed E-state index contributed by atoms with van der Waals surface area (Å²) in [6, 6.07) is 0. The van der Waals surface area contributed by atoms with Gasteiger partial charge in [0.25, 0.3) is 0 Å². The Balaban J connectivity index is 3.15. The fraction of sp³-hybridized carbons (Fsp3) is 0.714.